The summed E-state index contributed by atoms with van der Waals surface area (Å²) in [6.07, 6.45) is 0.940. The Hall–Kier alpha value is -3.65. The largest absolute Gasteiger partial charge is 0.354 e. The third-order valence-electron chi connectivity index (χ3n) is 6.83. The van der Waals surface area contributed by atoms with Crippen LogP contribution in [-0.4, -0.2) is 50.8 Å². The number of carbonyl (C=O) groups is 2. The average molecular weight is 564 g/mol. The molecule has 1 unspecified atom stereocenters. The lowest BCUT2D eigenvalue weighted by atomic mass is 10.1. The van der Waals surface area contributed by atoms with Crippen molar-refractivity contribution in [1.82, 2.24) is 10.2 Å². The van der Waals surface area contributed by atoms with Gasteiger partial charge in [-0.15, -0.1) is 0 Å². The van der Waals surface area contributed by atoms with Crippen LogP contribution < -0.4 is 9.62 Å². The van der Waals surface area contributed by atoms with Gasteiger partial charge in [0.15, 0.2) is 0 Å². The third-order valence-corrected chi connectivity index (χ3v) is 8.60. The molecule has 0 heterocycles. The van der Waals surface area contributed by atoms with Crippen LogP contribution in [0, 0.1) is 19.8 Å². The molecule has 0 bridgehead atoms. The van der Waals surface area contributed by atoms with Gasteiger partial charge in [0.2, 0.25) is 11.8 Å². The van der Waals surface area contributed by atoms with E-state index >= 15 is 0 Å². The van der Waals surface area contributed by atoms with E-state index in [1.807, 2.05) is 77.1 Å². The maximum absolute atomic E-state index is 14.1. The van der Waals surface area contributed by atoms with Crippen molar-refractivity contribution >= 4 is 27.5 Å². The number of hydrogen-bond donors (Lipinski definition) is 1. The summed E-state index contributed by atoms with van der Waals surface area (Å²) < 4.78 is 29.1. The van der Waals surface area contributed by atoms with E-state index in [9.17, 15) is 18.0 Å². The van der Waals surface area contributed by atoms with Crippen molar-refractivity contribution < 1.29 is 18.0 Å². The van der Waals surface area contributed by atoms with Crippen LogP contribution in [-0.2, 0) is 26.0 Å². The molecule has 1 atom stereocenters. The van der Waals surface area contributed by atoms with E-state index in [1.54, 1.807) is 41.3 Å². The fraction of sp³-hybridized carbons (Fsp3) is 0.375. The highest BCUT2D eigenvalue weighted by molar-refractivity contribution is 7.92. The van der Waals surface area contributed by atoms with Gasteiger partial charge in [0, 0.05) is 13.1 Å². The second kappa shape index (κ2) is 14.1. The van der Waals surface area contributed by atoms with Gasteiger partial charge in [0.25, 0.3) is 10.0 Å². The molecule has 0 fully saturated rings. The van der Waals surface area contributed by atoms with Gasteiger partial charge in [0.05, 0.1) is 10.6 Å². The van der Waals surface area contributed by atoms with Crippen LogP contribution in [0.2, 0.25) is 0 Å². The molecule has 40 heavy (non-hydrogen) atoms. The summed E-state index contributed by atoms with van der Waals surface area (Å²) in [7, 11) is -4.08. The predicted octanol–water partition coefficient (Wildman–Crippen LogP) is 5.12. The molecule has 3 rings (SSSR count). The Bertz CT molecular complexity index is 1370. The number of benzene rings is 3. The van der Waals surface area contributed by atoms with E-state index in [1.165, 1.54) is 4.31 Å². The molecule has 0 aliphatic rings. The first-order valence-corrected chi connectivity index (χ1v) is 15.2. The smallest absolute Gasteiger partial charge is 0.264 e. The minimum atomic E-state index is -4.08. The molecule has 0 radical (unpaired) electrons. The molecule has 8 heteroatoms. The zero-order chi connectivity index (χ0) is 29.3. The molecule has 3 aromatic rings. The molecule has 0 saturated carbocycles. The maximum Gasteiger partial charge on any atom is 0.264 e. The van der Waals surface area contributed by atoms with Crippen LogP contribution in [0.4, 0.5) is 5.69 Å². The summed E-state index contributed by atoms with van der Waals surface area (Å²) in [4.78, 5) is 29.0. The molecule has 3 aromatic carbocycles. The first kappa shape index (κ1) is 30.9. The zero-order valence-electron chi connectivity index (χ0n) is 24.1. The van der Waals surface area contributed by atoms with Crippen molar-refractivity contribution in [3.8, 4) is 0 Å². The summed E-state index contributed by atoms with van der Waals surface area (Å²) in [5, 5.41) is 2.96. The Morgan fingerprint density at radius 2 is 1.50 bits per heavy atom. The molecule has 0 saturated heterocycles. The second-order valence-electron chi connectivity index (χ2n) is 10.5. The van der Waals surface area contributed by atoms with Crippen molar-refractivity contribution in [2.45, 2.75) is 58.4 Å². The van der Waals surface area contributed by atoms with Crippen molar-refractivity contribution in [3.63, 3.8) is 0 Å². The number of anilines is 1. The lowest BCUT2D eigenvalue weighted by Gasteiger charge is -2.33. The topological polar surface area (TPSA) is 86.8 Å². The molecule has 0 aromatic heterocycles. The zero-order valence-corrected chi connectivity index (χ0v) is 24.9. The van der Waals surface area contributed by atoms with E-state index in [-0.39, 0.29) is 23.3 Å². The highest BCUT2D eigenvalue weighted by atomic mass is 32.2. The third kappa shape index (κ3) is 7.94. The molecular formula is C32H41N3O4S. The summed E-state index contributed by atoms with van der Waals surface area (Å²) in [5.74, 6) is -0.408. The van der Waals surface area contributed by atoms with Crippen molar-refractivity contribution in [2.24, 2.45) is 5.92 Å². The van der Waals surface area contributed by atoms with E-state index in [2.05, 4.69) is 5.32 Å². The average Bonchev–Trinajstić information content (AvgIpc) is 2.93. The Balaban J connectivity index is 2.00. The second-order valence-corrected chi connectivity index (χ2v) is 12.4. The number of sulfonamides is 1. The Kier molecular flexibility index (Phi) is 10.9. The number of rotatable bonds is 13. The van der Waals surface area contributed by atoms with Gasteiger partial charge < -0.3 is 10.2 Å². The van der Waals surface area contributed by atoms with Crippen LogP contribution in [0.25, 0.3) is 0 Å². The maximum atomic E-state index is 14.1. The predicted molar refractivity (Wildman–Crippen MR) is 161 cm³/mol. The minimum absolute atomic E-state index is 0.103. The highest BCUT2D eigenvalue weighted by Crippen LogP contribution is 2.27. The summed E-state index contributed by atoms with van der Waals surface area (Å²) in [6, 6.07) is 22.7. The van der Waals surface area contributed by atoms with Gasteiger partial charge in [-0.2, -0.15) is 0 Å². The number of nitrogens with zero attached hydrogens (tertiary/aromatic N) is 2. The number of para-hydroxylation sites is 1. The van der Waals surface area contributed by atoms with E-state index < -0.39 is 28.5 Å². The number of nitrogens with one attached hydrogen (secondary N) is 1. The van der Waals surface area contributed by atoms with Gasteiger partial charge >= 0.3 is 0 Å². The number of aryl methyl sites for hydroxylation is 2. The van der Waals surface area contributed by atoms with Crippen molar-refractivity contribution in [3.05, 3.63) is 95.6 Å². The fourth-order valence-electron chi connectivity index (χ4n) is 4.51. The van der Waals surface area contributed by atoms with Crippen LogP contribution in [0.1, 0.15) is 43.9 Å². The Labute approximate surface area is 239 Å². The highest BCUT2D eigenvalue weighted by Gasteiger charge is 2.33. The number of hydrogen-bond acceptors (Lipinski definition) is 4. The normalized spacial score (nSPS) is 12.2. The van der Waals surface area contributed by atoms with Gasteiger partial charge in [-0.25, -0.2) is 8.42 Å². The van der Waals surface area contributed by atoms with Crippen molar-refractivity contribution in [2.75, 3.05) is 23.9 Å². The molecule has 1 N–H and O–H groups in total. The number of amides is 2. The monoisotopic (exact) mass is 563 g/mol. The molecule has 7 nitrogen and oxygen atoms in total. The lowest BCUT2D eigenvalue weighted by Crippen LogP contribution is -2.53. The first-order valence-electron chi connectivity index (χ1n) is 13.8. The minimum Gasteiger partial charge on any atom is -0.354 e. The molecule has 214 valence electrons. The Morgan fingerprint density at radius 1 is 0.875 bits per heavy atom. The van der Waals surface area contributed by atoms with Gasteiger partial charge in [-0.3, -0.25) is 13.9 Å². The van der Waals surface area contributed by atoms with E-state index in [0.717, 1.165) is 16.7 Å². The number of carbonyl (C=O) groups excluding carboxylic acids is 2. The summed E-state index contributed by atoms with van der Waals surface area (Å²) >= 11 is 0. The molecule has 2 amide bonds. The fourth-order valence-corrected chi connectivity index (χ4v) is 5.99. The van der Waals surface area contributed by atoms with Gasteiger partial charge in [-0.05, 0) is 61.9 Å². The molecular weight excluding hydrogens is 522 g/mol. The first-order chi connectivity index (χ1) is 19.0. The Morgan fingerprint density at radius 3 is 2.10 bits per heavy atom. The quantitative estimate of drug-likeness (QED) is 0.313. The van der Waals surface area contributed by atoms with Crippen LogP contribution in [0.3, 0.4) is 0 Å². The SMILES string of the molecule is CCC(C(=O)NCC(C)C)N(CCc1ccccc1)C(=O)CN(c1ccccc1C)S(=O)(=O)c1ccc(C)cc1. The molecule has 0 spiro atoms. The van der Waals surface area contributed by atoms with Gasteiger partial charge in [0.1, 0.15) is 12.6 Å². The van der Waals surface area contributed by atoms with Crippen LogP contribution in [0.5, 0.6) is 0 Å². The molecule has 0 aliphatic carbocycles. The van der Waals surface area contributed by atoms with Crippen LogP contribution in [0.15, 0.2) is 83.8 Å². The summed E-state index contributed by atoms with van der Waals surface area (Å²) in [6.45, 7) is 9.94. The van der Waals surface area contributed by atoms with E-state index in [0.29, 0.717) is 25.1 Å². The lowest BCUT2D eigenvalue weighted by molar-refractivity contribution is -0.139. The molecule has 0 aliphatic heterocycles. The standard InChI is InChI=1S/C32H41N3O4S/c1-6-29(32(37)33-22-24(2)3)34(21-20-27-13-8-7-9-14-27)31(36)23-35(30-15-11-10-12-26(30)5)40(38,39)28-18-16-25(4)17-19-28/h7-19,24,29H,6,20-23H2,1-5H3,(H,33,37). The van der Waals surface area contributed by atoms with Crippen LogP contribution >= 0.6 is 0 Å². The van der Waals surface area contributed by atoms with Gasteiger partial charge in [-0.1, -0.05) is 87.0 Å². The summed E-state index contributed by atoms with van der Waals surface area (Å²) in [5.41, 5.74) is 3.11. The van der Waals surface area contributed by atoms with Crippen molar-refractivity contribution in [1.29, 1.82) is 0 Å². The van der Waals surface area contributed by atoms with E-state index in [4.69, 9.17) is 0 Å².